The van der Waals surface area contributed by atoms with Gasteiger partial charge in [0.1, 0.15) is 12.1 Å². The first-order valence-electron chi connectivity index (χ1n) is 10.4. The van der Waals surface area contributed by atoms with Gasteiger partial charge in [0.2, 0.25) is 0 Å². The van der Waals surface area contributed by atoms with Gasteiger partial charge in [0.25, 0.3) is 0 Å². The van der Waals surface area contributed by atoms with E-state index in [1.165, 1.54) is 0 Å². The van der Waals surface area contributed by atoms with Crippen molar-refractivity contribution >= 4 is 24.0 Å². The Morgan fingerprint density at radius 2 is 1.03 bits per heavy atom. The van der Waals surface area contributed by atoms with Crippen LogP contribution in [0, 0.1) is 5.92 Å². The molecule has 0 aromatic rings. The van der Waals surface area contributed by atoms with Crippen LogP contribution >= 0.6 is 0 Å². The topological polar surface area (TPSA) is 142 Å². The van der Waals surface area contributed by atoms with E-state index in [4.69, 9.17) is 5.11 Å². The van der Waals surface area contributed by atoms with Gasteiger partial charge in [-0.25, -0.2) is 0 Å². The van der Waals surface area contributed by atoms with Gasteiger partial charge in [0.05, 0.1) is 26.2 Å². The zero-order valence-corrected chi connectivity index (χ0v) is 18.9. The molecule has 0 spiro atoms. The number of nitrogens with zero attached hydrogens (tertiary/aromatic N) is 4. The van der Waals surface area contributed by atoms with Gasteiger partial charge in [-0.3, -0.25) is 34.0 Å². The van der Waals surface area contributed by atoms with Crippen molar-refractivity contribution in [1.82, 2.24) is 19.6 Å². The standard InChI is InChI=1S/C19H34N4O6.CH4O/c1-16(2)17(25)13-21-7-9-22(14-18(26)27)5-3-20(11-12-24)4-6-23(10-8-21)15-19(28)29;1-2/h12,16H,3-11,13-15H2,1-2H3,(H,26,27)(H,28,29);2H,1H3. The molecule has 1 aliphatic heterocycles. The number of hydrogen-bond acceptors (Lipinski definition) is 9. The first-order chi connectivity index (χ1) is 14.7. The van der Waals surface area contributed by atoms with Crippen LogP contribution in [0.2, 0.25) is 0 Å². The van der Waals surface area contributed by atoms with E-state index in [0.29, 0.717) is 52.4 Å². The lowest BCUT2D eigenvalue weighted by molar-refractivity contribution is -0.139. The van der Waals surface area contributed by atoms with Crippen molar-refractivity contribution in [1.29, 1.82) is 0 Å². The monoisotopic (exact) mass is 446 g/mol. The summed E-state index contributed by atoms with van der Waals surface area (Å²) in [6.07, 6.45) is 0.800. The lowest BCUT2D eigenvalue weighted by atomic mass is 10.1. The number of aliphatic hydroxyl groups is 1. The van der Waals surface area contributed by atoms with Crippen LogP contribution in [0.25, 0.3) is 0 Å². The Kier molecular flexibility index (Phi) is 15.7. The van der Waals surface area contributed by atoms with Crippen molar-refractivity contribution in [2.75, 3.05) is 85.6 Å². The maximum absolute atomic E-state index is 12.2. The second kappa shape index (κ2) is 16.7. The summed E-state index contributed by atoms with van der Waals surface area (Å²) in [7, 11) is 1.00. The van der Waals surface area contributed by atoms with Gasteiger partial charge in [-0.05, 0) is 0 Å². The normalized spacial score (nSPS) is 18.4. The van der Waals surface area contributed by atoms with E-state index in [0.717, 1.165) is 13.4 Å². The number of rotatable bonds is 9. The minimum absolute atomic E-state index is 0.0986. The van der Waals surface area contributed by atoms with Crippen molar-refractivity contribution in [2.45, 2.75) is 13.8 Å². The first-order valence-corrected chi connectivity index (χ1v) is 10.4. The number of carboxylic acids is 2. The van der Waals surface area contributed by atoms with Crippen LogP contribution in [0.5, 0.6) is 0 Å². The third kappa shape index (κ3) is 13.9. The third-order valence-electron chi connectivity index (χ3n) is 5.00. The highest BCUT2D eigenvalue weighted by Gasteiger charge is 2.20. The fourth-order valence-electron chi connectivity index (χ4n) is 3.13. The van der Waals surface area contributed by atoms with E-state index in [1.54, 1.807) is 0 Å². The van der Waals surface area contributed by atoms with Crippen LogP contribution in [0.15, 0.2) is 0 Å². The van der Waals surface area contributed by atoms with Gasteiger partial charge in [0, 0.05) is 65.4 Å². The van der Waals surface area contributed by atoms with Crippen molar-refractivity contribution in [3.63, 3.8) is 0 Å². The Bertz CT molecular complexity index is 528. The molecule has 1 fully saturated rings. The van der Waals surface area contributed by atoms with E-state index >= 15 is 0 Å². The van der Waals surface area contributed by atoms with E-state index in [-0.39, 0.29) is 37.9 Å². The molecule has 3 N–H and O–H groups in total. The molecular weight excluding hydrogens is 408 g/mol. The third-order valence-corrected chi connectivity index (χ3v) is 5.00. The predicted octanol–water partition coefficient (Wildman–Crippen LogP) is -1.59. The summed E-state index contributed by atoms with van der Waals surface area (Å²) >= 11 is 0. The van der Waals surface area contributed by atoms with Gasteiger partial charge in [0.15, 0.2) is 0 Å². The van der Waals surface area contributed by atoms with E-state index < -0.39 is 11.9 Å². The molecule has 1 heterocycles. The summed E-state index contributed by atoms with van der Waals surface area (Å²) in [5.74, 6) is -1.84. The highest BCUT2D eigenvalue weighted by molar-refractivity contribution is 5.82. The zero-order valence-electron chi connectivity index (χ0n) is 18.9. The van der Waals surface area contributed by atoms with E-state index in [2.05, 4.69) is 0 Å². The summed E-state index contributed by atoms with van der Waals surface area (Å²) in [6.45, 7) is 7.91. The van der Waals surface area contributed by atoms with Gasteiger partial charge >= 0.3 is 11.9 Å². The Labute approximate surface area is 184 Å². The lowest BCUT2D eigenvalue weighted by Crippen LogP contribution is -2.48. The quantitative estimate of drug-likeness (QED) is 0.353. The Morgan fingerprint density at radius 1 is 0.710 bits per heavy atom. The number of hydrogen-bond donors (Lipinski definition) is 3. The van der Waals surface area contributed by atoms with Gasteiger partial charge in [-0.2, -0.15) is 0 Å². The molecule has 0 amide bonds. The van der Waals surface area contributed by atoms with Crippen LogP contribution in [-0.2, 0) is 19.2 Å². The summed E-state index contributed by atoms with van der Waals surface area (Å²) in [4.78, 5) is 53.1. The summed E-state index contributed by atoms with van der Waals surface area (Å²) in [6, 6.07) is 0. The number of aliphatic carboxylic acids is 2. The zero-order chi connectivity index (χ0) is 23.8. The lowest BCUT2D eigenvalue weighted by Gasteiger charge is -2.33. The molecule has 0 atom stereocenters. The molecule has 0 radical (unpaired) electrons. The molecule has 0 aliphatic carbocycles. The van der Waals surface area contributed by atoms with Crippen molar-refractivity contribution in [2.24, 2.45) is 5.92 Å². The van der Waals surface area contributed by atoms with Crippen molar-refractivity contribution < 1.29 is 34.5 Å². The summed E-state index contributed by atoms with van der Waals surface area (Å²) in [5.41, 5.74) is 0. The molecule has 1 rings (SSSR count). The molecule has 31 heavy (non-hydrogen) atoms. The van der Waals surface area contributed by atoms with Gasteiger partial charge in [-0.15, -0.1) is 0 Å². The Hall–Kier alpha value is -1.92. The van der Waals surface area contributed by atoms with Crippen molar-refractivity contribution in [3.05, 3.63) is 0 Å². The van der Waals surface area contributed by atoms with E-state index in [9.17, 15) is 29.4 Å². The number of carboxylic acid groups (broad SMARTS) is 2. The molecule has 0 saturated carbocycles. The van der Waals surface area contributed by atoms with Crippen LogP contribution in [0.3, 0.4) is 0 Å². The fraction of sp³-hybridized carbons (Fsp3) is 0.800. The number of carbonyl (C=O) groups is 4. The minimum atomic E-state index is -0.920. The molecule has 0 aromatic heterocycles. The number of aldehydes is 1. The van der Waals surface area contributed by atoms with Crippen molar-refractivity contribution in [3.8, 4) is 0 Å². The second-order valence-electron chi connectivity index (χ2n) is 7.70. The fourth-order valence-corrected chi connectivity index (χ4v) is 3.13. The smallest absolute Gasteiger partial charge is 0.317 e. The largest absolute Gasteiger partial charge is 0.480 e. The number of ketones is 1. The Balaban J connectivity index is 0.00000436. The Morgan fingerprint density at radius 3 is 1.32 bits per heavy atom. The highest BCUT2D eigenvalue weighted by Crippen LogP contribution is 2.03. The molecule has 180 valence electrons. The van der Waals surface area contributed by atoms with E-state index in [1.807, 2.05) is 33.4 Å². The summed E-state index contributed by atoms with van der Waals surface area (Å²) < 4.78 is 0. The van der Waals surface area contributed by atoms with Crippen LogP contribution in [0.1, 0.15) is 13.8 Å². The molecule has 1 saturated heterocycles. The number of carbonyl (C=O) groups excluding carboxylic acids is 2. The SMILES string of the molecule is CC(C)C(=O)CN1CCN(CC(=O)O)CCN(CC=O)CCN(CC(=O)O)CC1.CO. The average molecular weight is 447 g/mol. The maximum Gasteiger partial charge on any atom is 0.317 e. The molecule has 0 aromatic carbocycles. The molecule has 0 bridgehead atoms. The van der Waals surface area contributed by atoms with Crippen LogP contribution in [-0.4, -0.2) is 145 Å². The number of aliphatic hydroxyl groups excluding tert-OH is 1. The van der Waals surface area contributed by atoms with Gasteiger partial charge < -0.3 is 20.1 Å². The first kappa shape index (κ1) is 29.1. The maximum atomic E-state index is 12.2. The molecule has 1 aliphatic rings. The average Bonchev–Trinajstić information content (AvgIpc) is 2.70. The molecule has 11 heteroatoms. The van der Waals surface area contributed by atoms with Gasteiger partial charge in [-0.1, -0.05) is 13.8 Å². The molecule has 0 unspecified atom stereocenters. The van der Waals surface area contributed by atoms with Crippen LogP contribution in [0.4, 0.5) is 0 Å². The minimum Gasteiger partial charge on any atom is -0.480 e. The number of Topliss-reactive ketones (excluding diaryl/α,β-unsaturated/α-hetero) is 1. The summed E-state index contributed by atoms with van der Waals surface area (Å²) in [5, 5.41) is 25.4. The predicted molar refractivity (Wildman–Crippen MR) is 115 cm³/mol. The molecular formula is C20H38N4O7. The molecule has 11 nitrogen and oxygen atoms in total. The second-order valence-corrected chi connectivity index (χ2v) is 7.70. The highest BCUT2D eigenvalue weighted by atomic mass is 16.4. The van der Waals surface area contributed by atoms with Crippen LogP contribution < -0.4 is 0 Å².